The average molecular weight is 239 g/mol. The Labute approximate surface area is 104 Å². The van der Waals surface area contributed by atoms with Crippen molar-refractivity contribution in [1.82, 2.24) is 0 Å². The van der Waals surface area contributed by atoms with Gasteiger partial charge in [-0.05, 0) is 38.1 Å². The standard InChI is InChI=1S/C14H25NO2/c1-11(10-15)8-13(16)12-4-7-17-14(9-12)5-2-3-6-14/h11-12H,2-10,15H2,1H3. The summed E-state index contributed by atoms with van der Waals surface area (Å²) < 4.78 is 5.96. The fraction of sp³-hybridized carbons (Fsp3) is 0.929. The molecule has 0 aromatic rings. The van der Waals surface area contributed by atoms with E-state index in [1.54, 1.807) is 0 Å². The molecule has 1 aliphatic heterocycles. The van der Waals surface area contributed by atoms with Gasteiger partial charge < -0.3 is 10.5 Å². The van der Waals surface area contributed by atoms with Crippen molar-refractivity contribution in [3.05, 3.63) is 0 Å². The topological polar surface area (TPSA) is 52.3 Å². The molecule has 2 atom stereocenters. The Balaban J connectivity index is 1.90. The molecule has 2 unspecified atom stereocenters. The summed E-state index contributed by atoms with van der Waals surface area (Å²) in [6.07, 6.45) is 7.37. The Morgan fingerprint density at radius 1 is 1.47 bits per heavy atom. The first-order valence-electron chi connectivity index (χ1n) is 7.02. The highest BCUT2D eigenvalue weighted by Crippen LogP contribution is 2.42. The van der Waals surface area contributed by atoms with Gasteiger partial charge in [-0.2, -0.15) is 0 Å². The lowest BCUT2D eigenvalue weighted by atomic mass is 9.80. The molecule has 17 heavy (non-hydrogen) atoms. The molecule has 0 aromatic heterocycles. The van der Waals surface area contributed by atoms with E-state index in [2.05, 4.69) is 6.92 Å². The predicted molar refractivity (Wildman–Crippen MR) is 67.7 cm³/mol. The molecule has 2 fully saturated rings. The van der Waals surface area contributed by atoms with Gasteiger partial charge in [-0.15, -0.1) is 0 Å². The van der Waals surface area contributed by atoms with Crippen LogP contribution in [0.2, 0.25) is 0 Å². The van der Waals surface area contributed by atoms with Crippen molar-refractivity contribution >= 4 is 5.78 Å². The molecule has 3 heteroatoms. The predicted octanol–water partition coefficient (Wildman–Crippen LogP) is 2.28. The summed E-state index contributed by atoms with van der Waals surface area (Å²) in [6.45, 7) is 3.44. The molecular weight excluding hydrogens is 214 g/mol. The van der Waals surface area contributed by atoms with Crippen LogP contribution >= 0.6 is 0 Å². The van der Waals surface area contributed by atoms with Crippen molar-refractivity contribution < 1.29 is 9.53 Å². The number of carbonyl (C=O) groups is 1. The van der Waals surface area contributed by atoms with Crippen LogP contribution in [0.4, 0.5) is 0 Å². The van der Waals surface area contributed by atoms with E-state index >= 15 is 0 Å². The van der Waals surface area contributed by atoms with Crippen LogP contribution in [0.3, 0.4) is 0 Å². The highest BCUT2D eigenvalue weighted by molar-refractivity contribution is 5.81. The van der Waals surface area contributed by atoms with Crippen LogP contribution in [0.1, 0.15) is 51.9 Å². The fourth-order valence-electron chi connectivity index (χ4n) is 3.26. The van der Waals surface area contributed by atoms with E-state index in [-0.39, 0.29) is 11.5 Å². The van der Waals surface area contributed by atoms with Crippen LogP contribution < -0.4 is 5.73 Å². The Kier molecular flexibility index (Phi) is 4.21. The maximum atomic E-state index is 12.2. The summed E-state index contributed by atoms with van der Waals surface area (Å²) in [4.78, 5) is 12.2. The van der Waals surface area contributed by atoms with Gasteiger partial charge >= 0.3 is 0 Å². The Morgan fingerprint density at radius 2 is 2.18 bits per heavy atom. The molecule has 2 N–H and O–H groups in total. The van der Waals surface area contributed by atoms with Crippen molar-refractivity contribution in [2.24, 2.45) is 17.6 Å². The Hall–Kier alpha value is -0.410. The van der Waals surface area contributed by atoms with Gasteiger partial charge in [-0.3, -0.25) is 4.79 Å². The molecule has 1 spiro atoms. The molecule has 0 radical (unpaired) electrons. The molecule has 98 valence electrons. The normalized spacial score (nSPS) is 29.4. The number of nitrogens with two attached hydrogens (primary N) is 1. The van der Waals surface area contributed by atoms with E-state index < -0.39 is 0 Å². The first-order chi connectivity index (χ1) is 8.15. The maximum Gasteiger partial charge on any atom is 0.136 e. The Morgan fingerprint density at radius 3 is 2.82 bits per heavy atom. The molecule has 3 nitrogen and oxygen atoms in total. The van der Waals surface area contributed by atoms with E-state index in [0.29, 0.717) is 24.7 Å². The number of carbonyl (C=O) groups excluding carboxylic acids is 1. The minimum absolute atomic E-state index is 0.0600. The average Bonchev–Trinajstić information content (AvgIpc) is 2.77. The van der Waals surface area contributed by atoms with E-state index in [4.69, 9.17) is 10.5 Å². The zero-order valence-corrected chi connectivity index (χ0v) is 10.9. The zero-order valence-electron chi connectivity index (χ0n) is 10.9. The second-order valence-corrected chi connectivity index (χ2v) is 5.94. The molecule has 1 heterocycles. The lowest BCUT2D eigenvalue weighted by Gasteiger charge is -2.38. The summed E-state index contributed by atoms with van der Waals surface area (Å²) in [5.74, 6) is 0.971. The highest BCUT2D eigenvalue weighted by atomic mass is 16.5. The van der Waals surface area contributed by atoms with Gasteiger partial charge in [0.25, 0.3) is 0 Å². The summed E-state index contributed by atoms with van der Waals surface area (Å²) >= 11 is 0. The lowest BCUT2D eigenvalue weighted by Crippen LogP contribution is -2.40. The van der Waals surface area contributed by atoms with Gasteiger partial charge in [0.2, 0.25) is 0 Å². The zero-order chi connectivity index (χ0) is 12.3. The maximum absolute atomic E-state index is 12.2. The number of ether oxygens (including phenoxy) is 1. The monoisotopic (exact) mass is 239 g/mol. The quantitative estimate of drug-likeness (QED) is 0.819. The lowest BCUT2D eigenvalue weighted by molar-refractivity contribution is -0.137. The van der Waals surface area contributed by atoms with Crippen molar-refractivity contribution in [1.29, 1.82) is 0 Å². The second-order valence-electron chi connectivity index (χ2n) is 5.94. The van der Waals surface area contributed by atoms with E-state index in [0.717, 1.165) is 32.3 Å². The number of ketones is 1. The Bertz CT molecular complexity index is 271. The van der Waals surface area contributed by atoms with E-state index in [1.807, 2.05) is 0 Å². The van der Waals surface area contributed by atoms with E-state index in [9.17, 15) is 4.79 Å². The molecule has 2 aliphatic rings. The van der Waals surface area contributed by atoms with Gasteiger partial charge in [-0.1, -0.05) is 19.8 Å². The van der Waals surface area contributed by atoms with Gasteiger partial charge in [0.15, 0.2) is 0 Å². The van der Waals surface area contributed by atoms with Gasteiger partial charge in [0.05, 0.1) is 5.60 Å². The summed E-state index contributed by atoms with van der Waals surface area (Å²) in [5.41, 5.74) is 5.65. The summed E-state index contributed by atoms with van der Waals surface area (Å²) in [5, 5.41) is 0. The van der Waals surface area contributed by atoms with Crippen molar-refractivity contribution in [3.63, 3.8) is 0 Å². The molecule has 1 aliphatic carbocycles. The molecule has 1 saturated heterocycles. The molecule has 0 bridgehead atoms. The van der Waals surface area contributed by atoms with Crippen LogP contribution in [-0.2, 0) is 9.53 Å². The minimum atomic E-state index is 0.0600. The molecule has 2 rings (SSSR count). The first kappa shape index (κ1) is 13.0. The van der Waals surface area contributed by atoms with Crippen LogP contribution in [-0.4, -0.2) is 24.5 Å². The van der Waals surface area contributed by atoms with Crippen molar-refractivity contribution in [2.45, 2.75) is 57.5 Å². The smallest absolute Gasteiger partial charge is 0.136 e. The first-order valence-corrected chi connectivity index (χ1v) is 7.02. The number of hydrogen-bond acceptors (Lipinski definition) is 3. The third kappa shape index (κ3) is 3.08. The van der Waals surface area contributed by atoms with Gasteiger partial charge in [0, 0.05) is 18.9 Å². The van der Waals surface area contributed by atoms with Gasteiger partial charge in [0.1, 0.15) is 5.78 Å². The third-order valence-electron chi connectivity index (χ3n) is 4.42. The third-order valence-corrected chi connectivity index (χ3v) is 4.42. The highest BCUT2D eigenvalue weighted by Gasteiger charge is 2.41. The molecule has 1 saturated carbocycles. The molecule has 0 aromatic carbocycles. The number of hydrogen-bond donors (Lipinski definition) is 1. The van der Waals surface area contributed by atoms with Crippen LogP contribution in [0.25, 0.3) is 0 Å². The molecular formula is C14H25NO2. The number of rotatable bonds is 4. The van der Waals surface area contributed by atoms with Crippen LogP contribution in [0, 0.1) is 11.8 Å². The summed E-state index contributed by atoms with van der Waals surface area (Å²) in [7, 11) is 0. The second kappa shape index (κ2) is 5.49. The summed E-state index contributed by atoms with van der Waals surface area (Å²) in [6, 6.07) is 0. The number of Topliss-reactive ketones (excluding diaryl/α,β-unsaturated/α-hetero) is 1. The van der Waals surface area contributed by atoms with Crippen molar-refractivity contribution in [2.75, 3.05) is 13.2 Å². The SMILES string of the molecule is CC(CN)CC(=O)C1CCOC2(CCCC2)C1. The van der Waals surface area contributed by atoms with E-state index in [1.165, 1.54) is 12.8 Å². The van der Waals surface area contributed by atoms with Gasteiger partial charge in [-0.25, -0.2) is 0 Å². The largest absolute Gasteiger partial charge is 0.375 e. The molecule has 0 amide bonds. The van der Waals surface area contributed by atoms with Crippen LogP contribution in [0.15, 0.2) is 0 Å². The van der Waals surface area contributed by atoms with Crippen molar-refractivity contribution in [3.8, 4) is 0 Å². The minimum Gasteiger partial charge on any atom is -0.375 e. The van der Waals surface area contributed by atoms with Crippen LogP contribution in [0.5, 0.6) is 0 Å². The fourth-order valence-corrected chi connectivity index (χ4v) is 3.26.